The van der Waals surface area contributed by atoms with Gasteiger partial charge in [-0.25, -0.2) is 4.39 Å². The largest absolute Gasteiger partial charge is 0.349 e. The second-order valence-electron chi connectivity index (χ2n) is 7.99. The quantitative estimate of drug-likeness (QED) is 0.871. The molecule has 1 aromatic carbocycles. The number of halogens is 1. The number of hydrogen-bond donors (Lipinski definition) is 2. The number of nitrogens with two attached hydrogens (primary N) is 1. The molecule has 2 aliphatic carbocycles. The normalized spacial score (nSPS) is 31.2. The summed E-state index contributed by atoms with van der Waals surface area (Å²) in [5, 5.41) is 3.09. The Labute approximate surface area is 153 Å². The van der Waals surface area contributed by atoms with Crippen LogP contribution in [0.3, 0.4) is 0 Å². The fourth-order valence-corrected chi connectivity index (χ4v) is 5.03. The van der Waals surface area contributed by atoms with Gasteiger partial charge in [0, 0.05) is 30.7 Å². The monoisotopic (exact) mass is 359 g/mol. The Hall–Kier alpha value is -1.95. The van der Waals surface area contributed by atoms with Crippen molar-refractivity contribution in [2.45, 2.75) is 57.0 Å². The first-order valence-electron chi connectivity index (χ1n) is 9.69. The van der Waals surface area contributed by atoms with Gasteiger partial charge in [-0.3, -0.25) is 9.59 Å². The van der Waals surface area contributed by atoms with Crippen LogP contribution in [0.25, 0.3) is 0 Å². The molecule has 4 rings (SSSR count). The van der Waals surface area contributed by atoms with E-state index in [1.54, 1.807) is 11.0 Å². The predicted molar refractivity (Wildman–Crippen MR) is 97.3 cm³/mol. The summed E-state index contributed by atoms with van der Waals surface area (Å²) in [4.78, 5) is 26.4. The molecule has 0 radical (unpaired) electrons. The topological polar surface area (TPSA) is 75.4 Å². The Morgan fingerprint density at radius 1 is 1.19 bits per heavy atom. The molecule has 2 unspecified atom stereocenters. The summed E-state index contributed by atoms with van der Waals surface area (Å²) in [5.41, 5.74) is 6.77. The van der Waals surface area contributed by atoms with E-state index in [2.05, 4.69) is 5.32 Å². The summed E-state index contributed by atoms with van der Waals surface area (Å²) >= 11 is 0. The van der Waals surface area contributed by atoms with Crippen molar-refractivity contribution >= 4 is 17.5 Å². The number of hydrogen-bond acceptors (Lipinski definition) is 3. The second-order valence-corrected chi connectivity index (χ2v) is 7.99. The highest BCUT2D eigenvalue weighted by Gasteiger charge is 2.40. The standard InChI is InChI=1S/C20H26FN3O2/c21-17-7-6-15(24-8-2-5-18(24)25)11-16(17)20(26)23-19-12-3-1-4-13(19)10-14(22)9-12/h6-7,11-14,19H,1-5,8-10,22H2,(H,23,26). The van der Waals surface area contributed by atoms with Gasteiger partial charge < -0.3 is 16.0 Å². The molecule has 2 saturated carbocycles. The number of carbonyl (C=O) groups excluding carboxylic acids is 2. The highest BCUT2D eigenvalue weighted by Crippen LogP contribution is 2.39. The first-order chi connectivity index (χ1) is 12.5. The van der Waals surface area contributed by atoms with Gasteiger partial charge in [-0.15, -0.1) is 0 Å². The summed E-state index contributed by atoms with van der Waals surface area (Å²) in [6.45, 7) is 0.621. The molecule has 6 heteroatoms. The van der Waals surface area contributed by atoms with Crippen LogP contribution in [0.2, 0.25) is 0 Å². The lowest BCUT2D eigenvalue weighted by Gasteiger charge is -2.45. The van der Waals surface area contributed by atoms with Gasteiger partial charge >= 0.3 is 0 Å². The van der Waals surface area contributed by atoms with E-state index in [0.717, 1.165) is 32.1 Å². The van der Waals surface area contributed by atoms with Gasteiger partial charge in [0.2, 0.25) is 5.91 Å². The van der Waals surface area contributed by atoms with Gasteiger partial charge in [-0.1, -0.05) is 6.42 Å². The minimum absolute atomic E-state index is 0.0233. The maximum Gasteiger partial charge on any atom is 0.254 e. The number of anilines is 1. The third-order valence-corrected chi connectivity index (χ3v) is 6.25. The molecule has 0 aromatic heterocycles. The van der Waals surface area contributed by atoms with Crippen molar-refractivity contribution in [2.75, 3.05) is 11.4 Å². The van der Waals surface area contributed by atoms with Crippen LogP contribution in [-0.4, -0.2) is 30.4 Å². The van der Waals surface area contributed by atoms with Crippen molar-refractivity contribution in [1.82, 2.24) is 5.32 Å². The number of fused-ring (bicyclic) bond motifs is 2. The Morgan fingerprint density at radius 2 is 1.92 bits per heavy atom. The maximum atomic E-state index is 14.3. The number of benzene rings is 1. The fraction of sp³-hybridized carbons (Fsp3) is 0.600. The van der Waals surface area contributed by atoms with E-state index < -0.39 is 5.82 Å². The van der Waals surface area contributed by atoms with Crippen molar-refractivity contribution in [3.05, 3.63) is 29.6 Å². The molecular formula is C20H26FN3O2. The van der Waals surface area contributed by atoms with E-state index in [0.29, 0.717) is 30.5 Å². The van der Waals surface area contributed by atoms with Crippen molar-refractivity contribution in [3.63, 3.8) is 0 Å². The average molecular weight is 359 g/mol. The lowest BCUT2D eigenvalue weighted by molar-refractivity contribution is -0.117. The van der Waals surface area contributed by atoms with E-state index in [1.807, 2.05) is 0 Å². The lowest BCUT2D eigenvalue weighted by Crippen LogP contribution is -2.53. The molecule has 0 spiro atoms. The van der Waals surface area contributed by atoms with Crippen LogP contribution in [0.15, 0.2) is 18.2 Å². The van der Waals surface area contributed by atoms with E-state index in [9.17, 15) is 14.0 Å². The molecular weight excluding hydrogens is 333 g/mol. The molecule has 1 aromatic rings. The van der Waals surface area contributed by atoms with Crippen molar-refractivity contribution in [2.24, 2.45) is 17.6 Å². The van der Waals surface area contributed by atoms with Crippen molar-refractivity contribution in [1.29, 1.82) is 0 Å². The van der Waals surface area contributed by atoms with Gasteiger partial charge in [0.1, 0.15) is 5.82 Å². The Balaban J connectivity index is 1.53. The average Bonchev–Trinajstić information content (AvgIpc) is 3.02. The Bertz CT molecular complexity index is 709. The van der Waals surface area contributed by atoms with Gasteiger partial charge in [0.05, 0.1) is 5.56 Å². The number of nitrogens with one attached hydrogen (secondary N) is 1. The van der Waals surface area contributed by atoms with E-state index in [1.165, 1.54) is 18.6 Å². The second kappa shape index (κ2) is 6.99. The van der Waals surface area contributed by atoms with Gasteiger partial charge in [-0.2, -0.15) is 0 Å². The summed E-state index contributed by atoms with van der Waals surface area (Å²) in [6, 6.07) is 4.65. The van der Waals surface area contributed by atoms with Gasteiger partial charge in [0.15, 0.2) is 0 Å². The minimum Gasteiger partial charge on any atom is -0.349 e. The molecule has 1 saturated heterocycles. The summed E-state index contributed by atoms with van der Waals surface area (Å²) in [7, 11) is 0. The van der Waals surface area contributed by atoms with Crippen LogP contribution in [-0.2, 0) is 4.79 Å². The molecule has 3 N–H and O–H groups in total. The molecule has 3 fully saturated rings. The number of nitrogens with zero attached hydrogens (tertiary/aromatic N) is 1. The molecule has 2 atom stereocenters. The fourth-order valence-electron chi connectivity index (χ4n) is 5.03. The van der Waals surface area contributed by atoms with Crippen LogP contribution < -0.4 is 16.0 Å². The first kappa shape index (κ1) is 17.5. The Kier molecular flexibility index (Phi) is 4.69. The minimum atomic E-state index is -0.546. The molecule has 1 aliphatic heterocycles. The summed E-state index contributed by atoms with van der Waals surface area (Å²) < 4.78 is 14.3. The van der Waals surface area contributed by atoms with Crippen molar-refractivity contribution in [3.8, 4) is 0 Å². The van der Waals surface area contributed by atoms with E-state index >= 15 is 0 Å². The summed E-state index contributed by atoms with van der Waals surface area (Å²) in [6.07, 6.45) is 6.46. The van der Waals surface area contributed by atoms with Crippen LogP contribution in [0.1, 0.15) is 55.3 Å². The highest BCUT2D eigenvalue weighted by molar-refractivity contribution is 5.99. The van der Waals surface area contributed by atoms with Crippen LogP contribution in [0, 0.1) is 17.7 Å². The predicted octanol–water partition coefficient (Wildman–Crippen LogP) is 2.59. The van der Waals surface area contributed by atoms with E-state index in [4.69, 9.17) is 5.73 Å². The highest BCUT2D eigenvalue weighted by atomic mass is 19.1. The van der Waals surface area contributed by atoms with Crippen LogP contribution in [0.5, 0.6) is 0 Å². The maximum absolute atomic E-state index is 14.3. The molecule has 3 aliphatic rings. The van der Waals surface area contributed by atoms with Crippen molar-refractivity contribution < 1.29 is 14.0 Å². The zero-order chi connectivity index (χ0) is 18.3. The first-order valence-corrected chi connectivity index (χ1v) is 9.69. The molecule has 140 valence electrons. The number of rotatable bonds is 3. The Morgan fingerprint density at radius 3 is 2.58 bits per heavy atom. The molecule has 2 bridgehead atoms. The van der Waals surface area contributed by atoms with Crippen LogP contribution >= 0.6 is 0 Å². The molecule has 26 heavy (non-hydrogen) atoms. The zero-order valence-corrected chi connectivity index (χ0v) is 14.9. The molecule has 5 nitrogen and oxygen atoms in total. The smallest absolute Gasteiger partial charge is 0.254 e. The molecule has 1 heterocycles. The number of amides is 2. The van der Waals surface area contributed by atoms with Gasteiger partial charge in [-0.05, 0) is 62.1 Å². The molecule has 2 amide bonds. The lowest BCUT2D eigenvalue weighted by atomic mass is 9.67. The number of carbonyl (C=O) groups is 2. The third kappa shape index (κ3) is 3.22. The van der Waals surface area contributed by atoms with E-state index in [-0.39, 0.29) is 29.5 Å². The third-order valence-electron chi connectivity index (χ3n) is 6.25. The summed E-state index contributed by atoms with van der Waals surface area (Å²) in [5.74, 6) is -0.136. The SMILES string of the molecule is NC1CC2CCCC(C1)C2NC(=O)c1cc(N2CCCC2=O)ccc1F. The van der Waals surface area contributed by atoms with Crippen LogP contribution in [0.4, 0.5) is 10.1 Å². The van der Waals surface area contributed by atoms with Gasteiger partial charge in [0.25, 0.3) is 5.91 Å². The zero-order valence-electron chi connectivity index (χ0n) is 14.9.